The van der Waals surface area contributed by atoms with Gasteiger partial charge >= 0.3 is 35.9 Å². The number of esters is 1. The number of primary amides is 2. The number of carboxylic acid groups (broad SMARTS) is 4. The monoisotopic (exact) mass is 1650 g/mol. The Labute approximate surface area is 674 Å². The molecule has 2 unspecified atom stereocenters. The van der Waals surface area contributed by atoms with Gasteiger partial charge in [0, 0.05) is 79.4 Å². The molecule has 0 fully saturated rings. The second-order valence-electron chi connectivity index (χ2n) is 29.6. The van der Waals surface area contributed by atoms with E-state index in [-0.39, 0.29) is 64.3 Å². The summed E-state index contributed by atoms with van der Waals surface area (Å²) >= 11 is 0. The third-order valence-corrected chi connectivity index (χ3v) is 19.8. The number of allylic oxidation sites excluding steroid dienone is 1. The number of amides is 12. The van der Waals surface area contributed by atoms with Gasteiger partial charge < -0.3 is 105 Å². The van der Waals surface area contributed by atoms with E-state index in [1.807, 2.05) is 0 Å². The van der Waals surface area contributed by atoms with E-state index < -0.39 is 260 Å². The summed E-state index contributed by atoms with van der Waals surface area (Å²) in [6, 6.07) is -6.28. The molecule has 1 aliphatic rings. The fraction of sp³-hybridized carbons (Fsp3) is 0.610. The summed E-state index contributed by atoms with van der Waals surface area (Å²) in [6.07, 6.45) is 0.873. The average Bonchev–Trinajstić information content (AvgIpc) is 1.80. The van der Waals surface area contributed by atoms with Crippen LogP contribution in [-0.4, -0.2) is 230 Å². The van der Waals surface area contributed by atoms with Gasteiger partial charge in [-0.25, -0.2) is 14.4 Å². The second kappa shape index (κ2) is 50.6. The molecular weight excluding hydrogens is 1540 g/mol. The molecule has 40 heteroatoms. The van der Waals surface area contributed by atoms with Gasteiger partial charge in [-0.15, -0.1) is 0 Å². The van der Waals surface area contributed by atoms with E-state index in [1.165, 1.54) is 20.8 Å². The molecule has 12 amide bonds. The van der Waals surface area contributed by atoms with Crippen LogP contribution in [0.1, 0.15) is 189 Å². The molecule has 1 aliphatic carbocycles. The highest BCUT2D eigenvalue weighted by Crippen LogP contribution is 2.34. The minimum Gasteiger partial charge on any atom is -0.481 e. The lowest BCUT2D eigenvalue weighted by Gasteiger charge is -2.31. The molecule has 40 nitrogen and oxygen atoms in total. The van der Waals surface area contributed by atoms with Crippen LogP contribution in [0.15, 0.2) is 42.6 Å². The van der Waals surface area contributed by atoms with Crippen molar-refractivity contribution in [3.63, 3.8) is 0 Å². The maximum atomic E-state index is 14.7. The Morgan fingerprint density at radius 3 is 1.85 bits per heavy atom. The zero-order chi connectivity index (χ0) is 87.8. The van der Waals surface area contributed by atoms with E-state index in [1.54, 1.807) is 49.5 Å². The third kappa shape index (κ3) is 35.9. The lowest BCUT2D eigenvalue weighted by atomic mass is 9.77. The number of rotatable bonds is 56. The molecule has 0 spiro atoms. The first-order valence-electron chi connectivity index (χ1n) is 38.7. The summed E-state index contributed by atoms with van der Waals surface area (Å²) in [5, 5.41) is 72.4. The summed E-state index contributed by atoms with van der Waals surface area (Å²) < 4.78 is 11.2. The summed E-state index contributed by atoms with van der Waals surface area (Å²) in [6.45, 7) is 7.24. The van der Waals surface area contributed by atoms with Crippen LogP contribution in [0.4, 0.5) is 4.79 Å². The molecule has 117 heavy (non-hydrogen) atoms. The molecular formula is C77H113N13O27. The van der Waals surface area contributed by atoms with Crippen LogP contribution in [0, 0.1) is 29.1 Å². The van der Waals surface area contributed by atoms with Gasteiger partial charge in [-0.05, 0) is 89.3 Å². The first-order chi connectivity index (χ1) is 55.1. The lowest BCUT2D eigenvalue weighted by molar-refractivity contribution is -0.156. The van der Waals surface area contributed by atoms with Crippen LogP contribution in [0.3, 0.4) is 0 Å². The van der Waals surface area contributed by atoms with Crippen molar-refractivity contribution in [3.05, 3.63) is 48.2 Å². The number of carboxylic acids is 4. The lowest BCUT2D eigenvalue weighted by Crippen LogP contribution is -2.57. The predicted octanol–water partition coefficient (Wildman–Crippen LogP) is -0.298. The standard InChI is InChI=1S/C77H113N13O27/c1-8-9-10-11-12-13-14-24-61(97)87-54(31-47-37-81-51-22-16-15-21-49(47)51)71(109)88-53(35-60(78)96)58(94)32-46(33-64(101)102)69(107)90-66(45(6)116-74(113)44(5)85-70(108)50(41(2)30-63(99)100)34-59(95)56(39-91)83-40-92)72(110)82-38-62(98)86-52(57(93)29-42(3)68(106)84-43(4)67(79)105)23-19-28-80-76(115)117-48-20-17-18-26-77(7,27-25-48)75(114)89-55(73(111)112)36-65(103)104/h15-17,20-22,37,40-46,48,50,52-56,66,81,91H,8-14,18-19,23-36,38-39H2,1-7H3,(H2,78,96)(H2,79,105)(H,80,115)(H,82,110)(H,83,92)(H,84,106)(H,85,108)(H,86,98)(H,87,97)(H,88,109)(H,89,114)(H,90,107)(H,99,100)(H,101,102)(H,103,104)(H,111,112)/b20-17+/t41?,42-,43-,44+,45-,46+,48-,50+,52+,53-,54+,55?,56-,66+,77+/m1/s1. The number of aliphatic hydroxyl groups excluding tert-OH is 1. The van der Waals surface area contributed by atoms with E-state index in [0.717, 1.165) is 46.0 Å². The Kier molecular flexibility index (Phi) is 43.0. The fourth-order valence-electron chi connectivity index (χ4n) is 12.7. The molecule has 0 saturated carbocycles. The maximum absolute atomic E-state index is 14.7. The van der Waals surface area contributed by atoms with Gasteiger partial charge in [0.05, 0.1) is 50.4 Å². The minimum atomic E-state index is -2.24. The number of carbonyl (C=O) groups excluding carboxylic acids is 16. The highest BCUT2D eigenvalue weighted by Gasteiger charge is 2.41. The first-order valence-corrected chi connectivity index (χ1v) is 38.7. The summed E-state index contributed by atoms with van der Waals surface area (Å²) in [5.74, 6) is -26.7. The van der Waals surface area contributed by atoms with E-state index in [0.29, 0.717) is 29.3 Å². The molecule has 1 heterocycles. The van der Waals surface area contributed by atoms with Gasteiger partial charge in [0.1, 0.15) is 48.5 Å². The zero-order valence-corrected chi connectivity index (χ0v) is 66.8. The van der Waals surface area contributed by atoms with Crippen LogP contribution in [0.25, 0.3) is 10.9 Å². The van der Waals surface area contributed by atoms with Gasteiger partial charge in [0.25, 0.3) is 0 Å². The maximum Gasteiger partial charge on any atom is 0.407 e. The number of nitrogens with two attached hydrogens (primary N) is 2. The van der Waals surface area contributed by atoms with Gasteiger partial charge in [0.2, 0.25) is 65.5 Å². The van der Waals surface area contributed by atoms with Crippen LogP contribution >= 0.6 is 0 Å². The third-order valence-electron chi connectivity index (χ3n) is 19.8. The number of aliphatic hydroxyl groups is 1. The number of aromatic nitrogens is 1. The molecule has 20 N–H and O–H groups in total. The molecule has 0 bridgehead atoms. The Morgan fingerprint density at radius 2 is 1.23 bits per heavy atom. The van der Waals surface area contributed by atoms with Gasteiger partial charge in [0.15, 0.2) is 17.3 Å². The highest BCUT2D eigenvalue weighted by molar-refractivity contribution is 6.00. The fourth-order valence-corrected chi connectivity index (χ4v) is 12.7. The number of ketones is 3. The summed E-state index contributed by atoms with van der Waals surface area (Å²) in [5.41, 5.74) is 10.9. The van der Waals surface area contributed by atoms with Crippen molar-refractivity contribution in [1.29, 1.82) is 0 Å². The number of carbonyl (C=O) groups is 20. The molecule has 1 aromatic heterocycles. The number of hydrogen-bond acceptors (Lipinski definition) is 23. The quantitative estimate of drug-likeness (QED) is 0.0175. The summed E-state index contributed by atoms with van der Waals surface area (Å²) in [4.78, 5) is 267. The number of alkyl carbamates (subject to hydrolysis) is 1. The first kappa shape index (κ1) is 99.5. The number of aromatic amines is 1. The zero-order valence-electron chi connectivity index (χ0n) is 66.8. The van der Waals surface area contributed by atoms with Crippen molar-refractivity contribution in [3.8, 4) is 0 Å². The minimum absolute atomic E-state index is 0.0176. The van der Waals surface area contributed by atoms with Crippen molar-refractivity contribution in [2.75, 3.05) is 19.7 Å². The average molecular weight is 1650 g/mol. The Balaban J connectivity index is 2.03. The number of H-pyrrole nitrogens is 1. The van der Waals surface area contributed by atoms with E-state index >= 15 is 0 Å². The smallest absolute Gasteiger partial charge is 0.407 e. The number of fused-ring (bicyclic) bond motifs is 1. The topological polar surface area (TPSA) is 649 Å². The SMILES string of the molecule is CCCCCCCCCC(=O)N[C@@H](Cc1c[nH]c2ccccc12)C(=O)N[C@H](CC(N)=O)C(=O)C[C@@H](CC(=O)O)C(=O)N[C@H](C(=O)NCC(=O)N[C@@H](CCCNC(=O)O[C@@H]1/C=C/CC[C@](C)(C(=O)NC(CC(=O)O)C(=O)O)CC1)C(=O)C[C@@H](C)C(=O)N[C@H](C)C(N)=O)[C@@H](C)OC(=O)[C@H](C)NC(=O)[C@@H](CC(=O)[C@@H](CO)NC=O)C(C)CC(=O)O. The van der Waals surface area contributed by atoms with Crippen LogP contribution < -0.4 is 64.6 Å². The molecule has 0 saturated heterocycles. The van der Waals surface area contributed by atoms with Crippen molar-refractivity contribution in [2.45, 2.75) is 250 Å². The Bertz CT molecular complexity index is 3880. The number of aliphatic carboxylic acids is 4. The molecule has 15 atom stereocenters. The molecule has 0 radical (unpaired) electrons. The highest BCUT2D eigenvalue weighted by atomic mass is 16.6. The second-order valence-corrected chi connectivity index (χ2v) is 29.6. The van der Waals surface area contributed by atoms with Crippen molar-refractivity contribution < 1.29 is 131 Å². The molecule has 2 aromatic rings. The molecule has 648 valence electrons. The number of nitrogens with one attached hydrogen (secondary N) is 11. The Hall–Kier alpha value is -11.7. The normalized spacial score (nSPS) is 17.4. The van der Waals surface area contributed by atoms with E-state index in [2.05, 4.69) is 65.1 Å². The van der Waals surface area contributed by atoms with Gasteiger partial charge in [-0.2, -0.15) is 0 Å². The number of hydrogen-bond donors (Lipinski definition) is 18. The number of unbranched alkanes of at least 4 members (excludes halogenated alkanes) is 6. The van der Waals surface area contributed by atoms with E-state index in [9.17, 15) is 121 Å². The number of benzene rings is 1. The molecule has 1 aromatic carbocycles. The predicted molar refractivity (Wildman–Crippen MR) is 413 cm³/mol. The number of ether oxygens (including phenoxy) is 2. The summed E-state index contributed by atoms with van der Waals surface area (Å²) in [7, 11) is 0. The van der Waals surface area contributed by atoms with Crippen molar-refractivity contribution in [1.82, 2.24) is 58.2 Å². The van der Waals surface area contributed by atoms with Crippen molar-refractivity contribution in [2.24, 2.45) is 40.6 Å². The number of para-hydroxylation sites is 1. The van der Waals surface area contributed by atoms with Gasteiger partial charge in [-0.1, -0.05) is 90.5 Å². The van der Waals surface area contributed by atoms with Crippen LogP contribution in [0.5, 0.6) is 0 Å². The molecule has 3 rings (SSSR count). The molecule has 0 aliphatic heterocycles. The van der Waals surface area contributed by atoms with Gasteiger partial charge in [-0.3, -0.25) is 81.5 Å². The largest absolute Gasteiger partial charge is 0.481 e. The van der Waals surface area contributed by atoms with Crippen molar-refractivity contribution >= 4 is 130 Å². The van der Waals surface area contributed by atoms with Crippen LogP contribution in [0.2, 0.25) is 0 Å². The van der Waals surface area contributed by atoms with Crippen LogP contribution in [-0.2, 0) is 107 Å². The van der Waals surface area contributed by atoms with E-state index in [4.69, 9.17) is 20.9 Å². The Morgan fingerprint density at radius 1 is 0.607 bits per heavy atom. The number of Topliss-reactive ketones (excluding diaryl/α,β-unsaturated/α-hetero) is 3.